The van der Waals surface area contributed by atoms with Gasteiger partial charge in [-0.05, 0) is 46.8 Å². The molecule has 8 nitrogen and oxygen atoms in total. The van der Waals surface area contributed by atoms with Crippen LogP contribution >= 0.6 is 0 Å². The van der Waals surface area contributed by atoms with Gasteiger partial charge in [0.15, 0.2) is 6.04 Å². The Kier molecular flexibility index (Phi) is 7.58. The minimum Gasteiger partial charge on any atom is -0.464 e. The molecule has 0 aromatic heterocycles. The Morgan fingerprint density at radius 2 is 1.73 bits per heavy atom. The molecule has 146 valence electrons. The molecular formula is C17H25NO7S. The van der Waals surface area contributed by atoms with Crippen molar-refractivity contribution in [2.45, 2.75) is 51.2 Å². The first-order valence-electron chi connectivity index (χ1n) is 8.07. The van der Waals surface area contributed by atoms with Gasteiger partial charge in [0, 0.05) is 0 Å². The van der Waals surface area contributed by atoms with Crippen molar-refractivity contribution in [2.75, 3.05) is 13.2 Å². The van der Waals surface area contributed by atoms with Crippen molar-refractivity contribution in [2.24, 2.45) is 0 Å². The number of carbonyl (C=O) groups is 2. The molecule has 0 spiro atoms. The largest absolute Gasteiger partial charge is 0.464 e. The predicted octanol–water partition coefficient (Wildman–Crippen LogP) is 2.16. The number of aryl methyl sites for hydroxylation is 1. The van der Waals surface area contributed by atoms with E-state index in [1.807, 2.05) is 6.92 Å². The Morgan fingerprint density at radius 1 is 1.15 bits per heavy atom. The maximum absolute atomic E-state index is 12.2. The summed E-state index contributed by atoms with van der Waals surface area (Å²) in [4.78, 5) is 23.8. The fourth-order valence-electron chi connectivity index (χ4n) is 1.79. The van der Waals surface area contributed by atoms with Crippen molar-refractivity contribution in [3.63, 3.8) is 0 Å². The van der Waals surface area contributed by atoms with Crippen LogP contribution in [0.2, 0.25) is 0 Å². The molecule has 1 aromatic carbocycles. The molecular weight excluding hydrogens is 362 g/mol. The van der Waals surface area contributed by atoms with Crippen LogP contribution in [0.1, 0.15) is 33.3 Å². The van der Waals surface area contributed by atoms with Gasteiger partial charge in [0.05, 0.1) is 18.1 Å². The third-order valence-corrected chi connectivity index (χ3v) is 4.26. The number of ether oxygens (including phenoxy) is 2. The van der Waals surface area contributed by atoms with Crippen molar-refractivity contribution in [1.29, 1.82) is 0 Å². The molecule has 0 aliphatic rings. The van der Waals surface area contributed by atoms with Crippen LogP contribution in [0.15, 0.2) is 29.2 Å². The lowest BCUT2D eigenvalue weighted by Crippen LogP contribution is -2.47. The fraction of sp³-hybridized carbons (Fsp3) is 0.529. The van der Waals surface area contributed by atoms with E-state index < -0.39 is 40.4 Å². The summed E-state index contributed by atoms with van der Waals surface area (Å²) in [7, 11) is -4.09. The van der Waals surface area contributed by atoms with Crippen molar-refractivity contribution < 1.29 is 31.7 Å². The second kappa shape index (κ2) is 9.00. The van der Waals surface area contributed by atoms with E-state index in [9.17, 15) is 18.0 Å². The molecule has 1 N–H and O–H groups in total. The number of hydrogen-bond donors (Lipinski definition) is 1. The van der Waals surface area contributed by atoms with E-state index in [1.165, 1.54) is 12.1 Å². The van der Waals surface area contributed by atoms with Crippen molar-refractivity contribution in [3.05, 3.63) is 29.8 Å². The highest BCUT2D eigenvalue weighted by Crippen LogP contribution is 2.14. The van der Waals surface area contributed by atoms with Crippen LogP contribution in [-0.2, 0) is 28.6 Å². The SMILES string of the molecule is CCOC(=O)[C@H](COS(=O)(=O)c1ccc(C)cc1)NC(=O)OC(C)(C)C. The second-order valence-electron chi connectivity index (χ2n) is 6.50. The molecule has 1 amide bonds. The lowest BCUT2D eigenvalue weighted by atomic mass is 10.2. The van der Waals surface area contributed by atoms with Gasteiger partial charge < -0.3 is 14.8 Å². The molecule has 0 saturated carbocycles. The summed E-state index contributed by atoms with van der Waals surface area (Å²) in [6.45, 7) is 7.83. The molecule has 26 heavy (non-hydrogen) atoms. The lowest BCUT2D eigenvalue weighted by molar-refractivity contribution is -0.146. The van der Waals surface area contributed by atoms with Gasteiger partial charge in [0.1, 0.15) is 5.60 Å². The zero-order valence-electron chi connectivity index (χ0n) is 15.6. The topological polar surface area (TPSA) is 108 Å². The van der Waals surface area contributed by atoms with Gasteiger partial charge in [0.25, 0.3) is 10.1 Å². The molecule has 0 saturated heterocycles. The number of esters is 1. The first-order valence-corrected chi connectivity index (χ1v) is 9.47. The Bertz CT molecular complexity index is 720. The highest BCUT2D eigenvalue weighted by atomic mass is 32.2. The zero-order valence-corrected chi connectivity index (χ0v) is 16.4. The molecule has 0 aliphatic heterocycles. The van der Waals surface area contributed by atoms with E-state index in [-0.39, 0.29) is 11.5 Å². The summed E-state index contributed by atoms with van der Waals surface area (Å²) < 4.78 is 39.3. The van der Waals surface area contributed by atoms with Crippen molar-refractivity contribution >= 4 is 22.2 Å². The van der Waals surface area contributed by atoms with Gasteiger partial charge in [0.2, 0.25) is 0 Å². The first-order chi connectivity index (χ1) is 11.9. The number of rotatable bonds is 7. The van der Waals surface area contributed by atoms with Gasteiger partial charge in [-0.25, -0.2) is 9.59 Å². The maximum Gasteiger partial charge on any atom is 0.408 e. The minimum absolute atomic E-state index is 0.0528. The molecule has 0 heterocycles. The van der Waals surface area contributed by atoms with E-state index in [4.69, 9.17) is 13.7 Å². The number of carbonyl (C=O) groups excluding carboxylic acids is 2. The summed E-state index contributed by atoms with van der Waals surface area (Å²) in [5.41, 5.74) is 0.109. The van der Waals surface area contributed by atoms with Gasteiger partial charge in [-0.15, -0.1) is 0 Å². The summed E-state index contributed by atoms with van der Waals surface area (Å²) >= 11 is 0. The smallest absolute Gasteiger partial charge is 0.408 e. The van der Waals surface area contributed by atoms with Gasteiger partial charge in [-0.1, -0.05) is 17.7 Å². The Morgan fingerprint density at radius 3 is 2.23 bits per heavy atom. The van der Waals surface area contributed by atoms with Gasteiger partial charge in [-0.3, -0.25) is 4.18 Å². The molecule has 1 rings (SSSR count). The van der Waals surface area contributed by atoms with E-state index >= 15 is 0 Å². The van der Waals surface area contributed by atoms with E-state index in [2.05, 4.69) is 5.32 Å². The molecule has 1 aromatic rings. The van der Waals surface area contributed by atoms with E-state index in [1.54, 1.807) is 39.8 Å². The third kappa shape index (κ3) is 7.40. The average Bonchev–Trinajstić information content (AvgIpc) is 2.50. The first kappa shape index (κ1) is 21.9. The maximum atomic E-state index is 12.2. The van der Waals surface area contributed by atoms with Crippen LogP contribution in [0.25, 0.3) is 0 Å². The van der Waals surface area contributed by atoms with Crippen LogP contribution in [0.5, 0.6) is 0 Å². The molecule has 0 aliphatic carbocycles. The number of benzene rings is 1. The molecule has 1 atom stereocenters. The van der Waals surface area contributed by atoms with Crippen LogP contribution in [0, 0.1) is 6.92 Å². The van der Waals surface area contributed by atoms with Crippen LogP contribution in [-0.4, -0.2) is 45.3 Å². The Hall–Kier alpha value is -2.13. The second-order valence-corrected chi connectivity index (χ2v) is 8.12. The Labute approximate surface area is 153 Å². The quantitative estimate of drug-likeness (QED) is 0.564. The Balaban J connectivity index is 2.83. The predicted molar refractivity (Wildman–Crippen MR) is 94.1 cm³/mol. The van der Waals surface area contributed by atoms with Gasteiger partial charge >= 0.3 is 12.1 Å². The summed E-state index contributed by atoms with van der Waals surface area (Å²) in [6.07, 6.45) is -0.883. The standard InChI is InChI=1S/C17H25NO7S/c1-6-23-15(19)14(18-16(20)25-17(3,4)5)11-24-26(21,22)13-9-7-12(2)8-10-13/h7-10,14H,6,11H2,1-5H3,(H,18,20)/t14-/m0/s1. The van der Waals surface area contributed by atoms with Gasteiger partial charge in [-0.2, -0.15) is 8.42 Å². The monoisotopic (exact) mass is 387 g/mol. The third-order valence-electron chi connectivity index (χ3n) is 2.96. The normalized spacial score (nSPS) is 13.0. The van der Waals surface area contributed by atoms with E-state index in [0.717, 1.165) is 5.56 Å². The van der Waals surface area contributed by atoms with Crippen LogP contribution in [0.4, 0.5) is 4.79 Å². The van der Waals surface area contributed by atoms with Crippen LogP contribution < -0.4 is 5.32 Å². The summed E-state index contributed by atoms with van der Waals surface area (Å²) in [5, 5.41) is 2.27. The summed E-state index contributed by atoms with van der Waals surface area (Å²) in [6, 6.07) is 4.71. The number of hydrogen-bond acceptors (Lipinski definition) is 7. The van der Waals surface area contributed by atoms with E-state index in [0.29, 0.717) is 0 Å². The zero-order chi connectivity index (χ0) is 20.0. The number of alkyl carbamates (subject to hydrolysis) is 1. The van der Waals surface area contributed by atoms with Crippen molar-refractivity contribution in [1.82, 2.24) is 5.32 Å². The molecule has 0 radical (unpaired) electrons. The lowest BCUT2D eigenvalue weighted by Gasteiger charge is -2.22. The fourth-order valence-corrected chi connectivity index (χ4v) is 2.71. The molecule has 0 fully saturated rings. The number of nitrogens with one attached hydrogen (secondary N) is 1. The molecule has 0 bridgehead atoms. The van der Waals surface area contributed by atoms with Crippen molar-refractivity contribution in [3.8, 4) is 0 Å². The van der Waals surface area contributed by atoms with Crippen LogP contribution in [0.3, 0.4) is 0 Å². The number of amides is 1. The summed E-state index contributed by atoms with van der Waals surface area (Å²) in [5.74, 6) is -0.822. The molecule has 0 unspecified atom stereocenters. The highest BCUT2D eigenvalue weighted by molar-refractivity contribution is 7.86. The average molecular weight is 387 g/mol. The minimum atomic E-state index is -4.09. The highest BCUT2D eigenvalue weighted by Gasteiger charge is 2.28. The molecule has 9 heteroatoms.